The molecule has 0 unspecified atom stereocenters. The van der Waals surface area contributed by atoms with Gasteiger partial charge in [-0.15, -0.1) is 0 Å². The summed E-state index contributed by atoms with van der Waals surface area (Å²) < 4.78 is 0. The third-order valence-electron chi connectivity index (χ3n) is 2.78. The molecule has 5 nitrogen and oxygen atoms in total. The number of nitrogens with one attached hydrogen (secondary N) is 2. The molecule has 0 aliphatic heterocycles. The van der Waals surface area contributed by atoms with Crippen LogP contribution in [-0.4, -0.2) is 28.5 Å². The van der Waals surface area contributed by atoms with Gasteiger partial charge < -0.3 is 10.3 Å². The predicted molar refractivity (Wildman–Crippen MR) is 70.5 cm³/mol. The van der Waals surface area contributed by atoms with E-state index < -0.39 is 0 Å². The van der Waals surface area contributed by atoms with Gasteiger partial charge in [0.1, 0.15) is 5.82 Å². The molecular formula is C13H16N4O. The van der Waals surface area contributed by atoms with Crippen molar-refractivity contribution in [3.63, 3.8) is 0 Å². The highest BCUT2D eigenvalue weighted by atomic mass is 16.1. The van der Waals surface area contributed by atoms with Gasteiger partial charge in [-0.3, -0.25) is 9.78 Å². The molecule has 0 bridgehead atoms. The molecule has 18 heavy (non-hydrogen) atoms. The maximum atomic E-state index is 12.0. The first-order chi connectivity index (χ1) is 8.72. The quantitative estimate of drug-likeness (QED) is 0.838. The van der Waals surface area contributed by atoms with Crippen LogP contribution >= 0.6 is 0 Å². The smallest absolute Gasteiger partial charge is 0.254 e. The molecule has 0 fully saturated rings. The summed E-state index contributed by atoms with van der Waals surface area (Å²) in [5.41, 5.74) is 2.25. The lowest BCUT2D eigenvalue weighted by Gasteiger charge is -2.06. The molecule has 0 atom stereocenters. The standard InChI is InChI=1S/C13H16N4O/c1-9-11(5-7-14-2)13(18)17-12(16-9)10-4-3-6-15-8-10/h3-4,6,8,14H,5,7H2,1-2H3,(H,16,17,18). The zero-order chi connectivity index (χ0) is 13.0. The van der Waals surface area contributed by atoms with Crippen molar-refractivity contribution >= 4 is 0 Å². The molecule has 5 heteroatoms. The molecule has 0 saturated heterocycles. The van der Waals surface area contributed by atoms with Gasteiger partial charge in [0.05, 0.1) is 0 Å². The lowest BCUT2D eigenvalue weighted by atomic mass is 10.1. The third-order valence-corrected chi connectivity index (χ3v) is 2.78. The average molecular weight is 244 g/mol. The van der Waals surface area contributed by atoms with Crippen LogP contribution in [0.3, 0.4) is 0 Å². The Morgan fingerprint density at radius 2 is 2.28 bits per heavy atom. The van der Waals surface area contributed by atoms with E-state index in [2.05, 4.69) is 20.3 Å². The number of aryl methyl sites for hydroxylation is 1. The lowest BCUT2D eigenvalue weighted by molar-refractivity contribution is 0.774. The molecule has 0 radical (unpaired) electrons. The van der Waals surface area contributed by atoms with Gasteiger partial charge in [0, 0.05) is 29.2 Å². The first-order valence-electron chi connectivity index (χ1n) is 5.87. The van der Waals surface area contributed by atoms with Crippen LogP contribution in [0.4, 0.5) is 0 Å². The molecule has 0 aromatic carbocycles. The summed E-state index contributed by atoms with van der Waals surface area (Å²) >= 11 is 0. The largest absolute Gasteiger partial charge is 0.319 e. The average Bonchev–Trinajstić information content (AvgIpc) is 2.39. The maximum absolute atomic E-state index is 12.0. The summed E-state index contributed by atoms with van der Waals surface area (Å²) in [6, 6.07) is 3.69. The van der Waals surface area contributed by atoms with Crippen molar-refractivity contribution in [2.75, 3.05) is 13.6 Å². The van der Waals surface area contributed by atoms with Gasteiger partial charge in [0.2, 0.25) is 0 Å². The minimum Gasteiger partial charge on any atom is -0.319 e. The van der Waals surface area contributed by atoms with Gasteiger partial charge in [-0.1, -0.05) is 0 Å². The second-order valence-corrected chi connectivity index (χ2v) is 4.07. The summed E-state index contributed by atoms with van der Waals surface area (Å²) in [5, 5.41) is 3.03. The fourth-order valence-corrected chi connectivity index (χ4v) is 1.79. The third kappa shape index (κ3) is 2.62. The minimum absolute atomic E-state index is 0.0726. The number of nitrogens with zero attached hydrogens (tertiary/aromatic N) is 2. The maximum Gasteiger partial charge on any atom is 0.254 e. The Morgan fingerprint density at radius 1 is 1.44 bits per heavy atom. The topological polar surface area (TPSA) is 70.7 Å². The molecule has 0 aliphatic rings. The molecule has 2 aromatic rings. The summed E-state index contributed by atoms with van der Waals surface area (Å²) in [5.74, 6) is 0.568. The Kier molecular flexibility index (Phi) is 3.84. The molecule has 94 valence electrons. The van der Waals surface area contributed by atoms with Crippen LogP contribution in [0.15, 0.2) is 29.3 Å². The number of aromatic nitrogens is 3. The molecule has 2 heterocycles. The molecule has 0 spiro atoms. The van der Waals surface area contributed by atoms with E-state index in [4.69, 9.17) is 0 Å². The SMILES string of the molecule is CNCCc1c(C)nc(-c2cccnc2)[nH]c1=O. The predicted octanol–water partition coefficient (Wildman–Crippen LogP) is 0.902. The number of pyridine rings is 1. The van der Waals surface area contributed by atoms with Crippen LogP contribution in [-0.2, 0) is 6.42 Å². The Hall–Kier alpha value is -2.01. The van der Waals surface area contributed by atoms with E-state index in [0.29, 0.717) is 12.2 Å². The lowest BCUT2D eigenvalue weighted by Crippen LogP contribution is -2.21. The highest BCUT2D eigenvalue weighted by Crippen LogP contribution is 2.12. The number of aromatic amines is 1. The first kappa shape index (κ1) is 12.4. The first-order valence-corrected chi connectivity index (χ1v) is 5.87. The molecule has 2 rings (SSSR count). The van der Waals surface area contributed by atoms with Crippen LogP contribution in [0.1, 0.15) is 11.3 Å². The Bertz CT molecular complexity index is 577. The normalized spacial score (nSPS) is 10.6. The van der Waals surface area contributed by atoms with Crippen LogP contribution < -0.4 is 10.9 Å². The number of H-pyrrole nitrogens is 1. The van der Waals surface area contributed by atoms with Crippen molar-refractivity contribution in [1.29, 1.82) is 0 Å². The van der Waals surface area contributed by atoms with Crippen molar-refractivity contribution < 1.29 is 0 Å². The number of hydrogen-bond donors (Lipinski definition) is 2. The fourth-order valence-electron chi connectivity index (χ4n) is 1.79. The molecule has 0 saturated carbocycles. The van der Waals surface area contributed by atoms with Crippen LogP contribution in [0.5, 0.6) is 0 Å². The highest BCUT2D eigenvalue weighted by Gasteiger charge is 2.08. The molecular weight excluding hydrogens is 228 g/mol. The van der Waals surface area contributed by atoms with E-state index in [0.717, 1.165) is 23.4 Å². The van der Waals surface area contributed by atoms with Gasteiger partial charge in [0.25, 0.3) is 5.56 Å². The number of rotatable bonds is 4. The van der Waals surface area contributed by atoms with Crippen molar-refractivity contribution in [2.24, 2.45) is 0 Å². The van der Waals surface area contributed by atoms with E-state index in [9.17, 15) is 4.79 Å². The second-order valence-electron chi connectivity index (χ2n) is 4.07. The van der Waals surface area contributed by atoms with Gasteiger partial charge in [-0.25, -0.2) is 4.98 Å². The van der Waals surface area contributed by atoms with E-state index in [-0.39, 0.29) is 5.56 Å². The van der Waals surface area contributed by atoms with Crippen molar-refractivity contribution in [3.05, 3.63) is 46.1 Å². The van der Waals surface area contributed by atoms with Crippen LogP contribution in [0, 0.1) is 6.92 Å². The summed E-state index contributed by atoms with van der Waals surface area (Å²) in [7, 11) is 1.86. The highest BCUT2D eigenvalue weighted by molar-refractivity contribution is 5.53. The van der Waals surface area contributed by atoms with Gasteiger partial charge in [-0.05, 0) is 39.1 Å². The Labute approximate surface area is 105 Å². The summed E-state index contributed by atoms with van der Waals surface area (Å²) in [6.07, 6.45) is 4.05. The van der Waals surface area contributed by atoms with E-state index in [1.165, 1.54) is 0 Å². The van der Waals surface area contributed by atoms with Crippen molar-refractivity contribution in [3.8, 4) is 11.4 Å². The zero-order valence-electron chi connectivity index (χ0n) is 10.5. The van der Waals surface area contributed by atoms with E-state index in [1.54, 1.807) is 12.4 Å². The molecule has 2 N–H and O–H groups in total. The van der Waals surface area contributed by atoms with E-state index >= 15 is 0 Å². The van der Waals surface area contributed by atoms with Crippen molar-refractivity contribution in [2.45, 2.75) is 13.3 Å². The summed E-state index contributed by atoms with van der Waals surface area (Å²) in [4.78, 5) is 23.3. The number of likely N-dealkylation sites (N-methyl/N-ethyl adjacent to an activating group) is 1. The van der Waals surface area contributed by atoms with E-state index in [1.807, 2.05) is 26.1 Å². The van der Waals surface area contributed by atoms with Gasteiger partial charge >= 0.3 is 0 Å². The Morgan fingerprint density at radius 3 is 2.89 bits per heavy atom. The van der Waals surface area contributed by atoms with Crippen molar-refractivity contribution in [1.82, 2.24) is 20.3 Å². The van der Waals surface area contributed by atoms with Gasteiger partial charge in [0.15, 0.2) is 0 Å². The molecule has 0 amide bonds. The zero-order valence-corrected chi connectivity index (χ0v) is 10.5. The number of hydrogen-bond acceptors (Lipinski definition) is 4. The fraction of sp³-hybridized carbons (Fsp3) is 0.308. The monoisotopic (exact) mass is 244 g/mol. The van der Waals surface area contributed by atoms with Crippen LogP contribution in [0.2, 0.25) is 0 Å². The molecule has 2 aromatic heterocycles. The summed E-state index contributed by atoms with van der Waals surface area (Å²) in [6.45, 7) is 2.62. The molecule has 0 aliphatic carbocycles. The minimum atomic E-state index is -0.0726. The van der Waals surface area contributed by atoms with Crippen LogP contribution in [0.25, 0.3) is 11.4 Å². The Balaban J connectivity index is 2.40. The van der Waals surface area contributed by atoms with Gasteiger partial charge in [-0.2, -0.15) is 0 Å². The second kappa shape index (κ2) is 5.55.